The Bertz CT molecular complexity index is 530. The molecule has 6 heteroatoms. The van der Waals surface area contributed by atoms with Crippen molar-refractivity contribution in [1.29, 1.82) is 0 Å². The van der Waals surface area contributed by atoms with Gasteiger partial charge < -0.3 is 4.90 Å². The summed E-state index contributed by atoms with van der Waals surface area (Å²) in [6.45, 7) is 3.95. The number of hydrogen-bond acceptors (Lipinski definition) is 3. The molecule has 18 heavy (non-hydrogen) atoms. The summed E-state index contributed by atoms with van der Waals surface area (Å²) >= 11 is 0. The van der Waals surface area contributed by atoms with E-state index in [1.807, 2.05) is 0 Å². The van der Waals surface area contributed by atoms with Gasteiger partial charge in [-0.15, -0.1) is 6.58 Å². The van der Waals surface area contributed by atoms with E-state index in [1.165, 1.54) is 11.0 Å². The highest BCUT2D eigenvalue weighted by atomic mass is 19.1. The molecule has 1 aliphatic rings. The molecule has 5 nitrogen and oxygen atoms in total. The van der Waals surface area contributed by atoms with Gasteiger partial charge in [0.2, 0.25) is 5.91 Å². The number of nitro groups is 1. The molecule has 1 aliphatic heterocycles. The second kappa shape index (κ2) is 4.56. The van der Waals surface area contributed by atoms with Crippen LogP contribution in [0, 0.1) is 21.8 Å². The lowest BCUT2D eigenvalue weighted by Crippen LogP contribution is -2.25. The van der Waals surface area contributed by atoms with Crippen LogP contribution in [0.2, 0.25) is 0 Å². The second-order valence-corrected chi connectivity index (χ2v) is 4.09. The van der Waals surface area contributed by atoms with Gasteiger partial charge >= 0.3 is 0 Å². The molecule has 0 N–H and O–H groups in total. The molecule has 0 saturated carbocycles. The Morgan fingerprint density at radius 3 is 2.83 bits per heavy atom. The summed E-state index contributed by atoms with van der Waals surface area (Å²) in [6, 6.07) is 3.19. The van der Waals surface area contributed by atoms with E-state index in [0.29, 0.717) is 6.54 Å². The first-order chi connectivity index (χ1) is 8.52. The summed E-state index contributed by atoms with van der Waals surface area (Å²) in [5.41, 5.74) is -0.260. The van der Waals surface area contributed by atoms with E-state index in [9.17, 15) is 19.3 Å². The molecule has 0 bridgehead atoms. The third-order valence-corrected chi connectivity index (χ3v) is 2.91. The monoisotopic (exact) mass is 250 g/mol. The number of anilines is 1. The number of carbonyl (C=O) groups excluding carboxylic acids is 1. The van der Waals surface area contributed by atoms with Crippen LogP contribution in [0.15, 0.2) is 30.9 Å². The average Bonchev–Trinajstić information content (AvgIpc) is 2.70. The van der Waals surface area contributed by atoms with Crippen LogP contribution in [0.1, 0.15) is 6.42 Å². The van der Waals surface area contributed by atoms with Crippen molar-refractivity contribution in [2.24, 2.45) is 5.92 Å². The molecule has 1 saturated heterocycles. The van der Waals surface area contributed by atoms with Crippen LogP contribution in [0.4, 0.5) is 15.8 Å². The van der Waals surface area contributed by atoms with E-state index in [4.69, 9.17) is 0 Å². The van der Waals surface area contributed by atoms with Crippen molar-refractivity contribution in [3.63, 3.8) is 0 Å². The van der Waals surface area contributed by atoms with Gasteiger partial charge in [0.25, 0.3) is 5.69 Å². The van der Waals surface area contributed by atoms with Gasteiger partial charge in [-0.05, 0) is 12.1 Å². The van der Waals surface area contributed by atoms with E-state index >= 15 is 0 Å². The summed E-state index contributed by atoms with van der Waals surface area (Å²) in [7, 11) is 0. The maximum Gasteiger partial charge on any atom is 0.295 e. The van der Waals surface area contributed by atoms with Crippen molar-refractivity contribution in [3.05, 3.63) is 46.8 Å². The fourth-order valence-electron chi connectivity index (χ4n) is 2.00. The Hall–Kier alpha value is -2.24. The fraction of sp³-hybridized carbons (Fsp3) is 0.250. The summed E-state index contributed by atoms with van der Waals surface area (Å²) in [4.78, 5) is 23.3. The van der Waals surface area contributed by atoms with Gasteiger partial charge in [0.1, 0.15) is 11.5 Å². The summed E-state index contributed by atoms with van der Waals surface area (Å²) in [6.07, 6.45) is 1.92. The van der Waals surface area contributed by atoms with Crippen molar-refractivity contribution in [3.8, 4) is 0 Å². The summed E-state index contributed by atoms with van der Waals surface area (Å²) in [5.74, 6) is -0.936. The summed E-state index contributed by atoms with van der Waals surface area (Å²) in [5, 5.41) is 10.9. The zero-order valence-electron chi connectivity index (χ0n) is 9.51. The Balaban J connectivity index is 2.42. The standard InChI is InChI=1S/C12H11FN2O3/c1-2-8-5-12(16)14(7-8)10-4-3-9(13)6-11(10)15(17)18/h2-4,6,8H,1,5,7H2. The van der Waals surface area contributed by atoms with Gasteiger partial charge in [-0.1, -0.05) is 6.08 Å². The number of nitrogens with zero attached hydrogens (tertiary/aromatic N) is 2. The van der Waals surface area contributed by atoms with Crippen LogP contribution in [0.3, 0.4) is 0 Å². The first-order valence-corrected chi connectivity index (χ1v) is 5.39. The molecule has 2 rings (SSSR count). The Morgan fingerprint density at radius 2 is 2.28 bits per heavy atom. The molecule has 94 valence electrons. The molecule has 0 radical (unpaired) electrons. The minimum Gasteiger partial charge on any atom is -0.306 e. The highest BCUT2D eigenvalue weighted by Gasteiger charge is 2.32. The predicted octanol–water partition coefficient (Wildman–Crippen LogP) is 2.27. The van der Waals surface area contributed by atoms with Crippen molar-refractivity contribution in [1.82, 2.24) is 0 Å². The molecule has 0 aromatic heterocycles. The number of nitro benzene ring substituents is 1. The zero-order chi connectivity index (χ0) is 13.3. The van der Waals surface area contributed by atoms with E-state index in [2.05, 4.69) is 6.58 Å². The number of hydrogen-bond donors (Lipinski definition) is 0. The van der Waals surface area contributed by atoms with Crippen LogP contribution in [-0.4, -0.2) is 17.4 Å². The lowest BCUT2D eigenvalue weighted by Gasteiger charge is -2.16. The van der Waals surface area contributed by atoms with Gasteiger partial charge in [-0.25, -0.2) is 4.39 Å². The molecule has 0 aliphatic carbocycles. The lowest BCUT2D eigenvalue weighted by molar-refractivity contribution is -0.384. The largest absolute Gasteiger partial charge is 0.306 e. The third-order valence-electron chi connectivity index (χ3n) is 2.91. The predicted molar refractivity (Wildman–Crippen MR) is 63.7 cm³/mol. The minimum atomic E-state index is -0.697. The van der Waals surface area contributed by atoms with Crippen molar-refractivity contribution in [2.75, 3.05) is 11.4 Å². The second-order valence-electron chi connectivity index (χ2n) is 4.09. The van der Waals surface area contributed by atoms with Gasteiger partial charge in [0, 0.05) is 18.9 Å². The quantitative estimate of drug-likeness (QED) is 0.469. The van der Waals surface area contributed by atoms with Crippen LogP contribution < -0.4 is 4.90 Å². The molecule has 1 heterocycles. The van der Waals surface area contributed by atoms with E-state index in [1.54, 1.807) is 6.08 Å². The third kappa shape index (κ3) is 2.09. The number of benzene rings is 1. The Labute approximate surface area is 103 Å². The average molecular weight is 250 g/mol. The SMILES string of the molecule is C=CC1CC(=O)N(c2ccc(F)cc2[N+](=O)[O-])C1. The lowest BCUT2D eigenvalue weighted by atomic mass is 10.1. The van der Waals surface area contributed by atoms with Crippen molar-refractivity contribution in [2.45, 2.75) is 6.42 Å². The number of halogens is 1. The van der Waals surface area contributed by atoms with Crippen molar-refractivity contribution < 1.29 is 14.1 Å². The highest BCUT2D eigenvalue weighted by Crippen LogP contribution is 2.33. The Kier molecular flexibility index (Phi) is 3.10. The maximum atomic E-state index is 13.0. The van der Waals surface area contributed by atoms with E-state index in [0.717, 1.165) is 12.1 Å². The number of carbonyl (C=O) groups is 1. The molecule has 1 aromatic carbocycles. The topological polar surface area (TPSA) is 63.5 Å². The van der Waals surface area contributed by atoms with E-state index < -0.39 is 16.4 Å². The van der Waals surface area contributed by atoms with Crippen LogP contribution >= 0.6 is 0 Å². The maximum absolute atomic E-state index is 13.0. The fourth-order valence-corrected chi connectivity index (χ4v) is 2.00. The molecule has 0 spiro atoms. The van der Waals surface area contributed by atoms with Crippen LogP contribution in [0.25, 0.3) is 0 Å². The number of amides is 1. The normalized spacial score (nSPS) is 19.1. The number of rotatable bonds is 3. The summed E-state index contributed by atoms with van der Waals surface area (Å²) < 4.78 is 13.0. The van der Waals surface area contributed by atoms with Crippen molar-refractivity contribution >= 4 is 17.3 Å². The highest BCUT2D eigenvalue weighted by molar-refractivity contribution is 5.98. The first kappa shape index (κ1) is 12.2. The minimum absolute atomic E-state index is 0.0258. The molecule has 1 amide bonds. The Morgan fingerprint density at radius 1 is 1.56 bits per heavy atom. The molecular weight excluding hydrogens is 239 g/mol. The molecular formula is C12H11FN2O3. The van der Waals surface area contributed by atoms with Gasteiger partial charge in [0.15, 0.2) is 0 Å². The first-order valence-electron chi connectivity index (χ1n) is 5.39. The van der Waals surface area contributed by atoms with Gasteiger partial charge in [-0.2, -0.15) is 0 Å². The van der Waals surface area contributed by atoms with Crippen LogP contribution in [-0.2, 0) is 4.79 Å². The molecule has 1 unspecified atom stereocenters. The molecule has 1 atom stereocenters. The van der Waals surface area contributed by atoms with Gasteiger partial charge in [-0.3, -0.25) is 14.9 Å². The smallest absolute Gasteiger partial charge is 0.295 e. The van der Waals surface area contributed by atoms with E-state index in [-0.39, 0.29) is 23.9 Å². The zero-order valence-corrected chi connectivity index (χ0v) is 9.51. The van der Waals surface area contributed by atoms with Crippen LogP contribution in [0.5, 0.6) is 0 Å². The molecule has 1 fully saturated rings. The van der Waals surface area contributed by atoms with Gasteiger partial charge in [0.05, 0.1) is 11.0 Å². The molecule has 1 aromatic rings.